The smallest absolute Gasteiger partial charge is 0.261 e. The van der Waals surface area contributed by atoms with E-state index in [0.717, 1.165) is 59.7 Å². The number of aromatic amines is 1. The minimum atomic E-state index is -0.232. The summed E-state index contributed by atoms with van der Waals surface area (Å²) in [6.07, 6.45) is 4.51. The molecule has 2 aromatic heterocycles. The number of aryl methyl sites for hydroxylation is 2. The first-order valence-electron chi connectivity index (χ1n) is 15.6. The van der Waals surface area contributed by atoms with Crippen LogP contribution < -0.4 is 9.64 Å². The molecule has 1 fully saturated rings. The van der Waals surface area contributed by atoms with Crippen molar-refractivity contribution in [1.29, 1.82) is 0 Å². The van der Waals surface area contributed by atoms with Crippen LogP contribution in [-0.4, -0.2) is 78.0 Å². The Morgan fingerprint density at radius 2 is 1.47 bits per heavy atom. The van der Waals surface area contributed by atoms with E-state index in [-0.39, 0.29) is 11.8 Å². The summed E-state index contributed by atoms with van der Waals surface area (Å²) in [6.45, 7) is 9.44. The molecule has 5 aromatic rings. The molecule has 8 heteroatoms. The fourth-order valence-electron chi connectivity index (χ4n) is 6.64. The van der Waals surface area contributed by atoms with E-state index >= 15 is 0 Å². The highest BCUT2D eigenvalue weighted by Crippen LogP contribution is 2.35. The average molecular weight is 600 g/mol. The van der Waals surface area contributed by atoms with Gasteiger partial charge in [-0.25, -0.2) is 4.98 Å². The number of carbonyl (C=O) groups excluding carboxylic acids is 2. The largest absolute Gasteiger partial charge is 0.494 e. The van der Waals surface area contributed by atoms with Gasteiger partial charge in [0, 0.05) is 67.3 Å². The zero-order chi connectivity index (χ0) is 31.1. The molecule has 8 nitrogen and oxygen atoms in total. The Labute approximate surface area is 263 Å². The molecule has 0 radical (unpaired) electrons. The standard InChI is InChI=1S/C37H37N5O3/c1-24-19-27(20-25(2)34(24)41-16-14-40(3)15-17-41)28-21-32-33(23-39-35(32)38-22-28)26-9-11-29(12-10-26)45-18-6-13-42-36(43)30-7-4-5-8-31(30)37(42)44/h4-5,7-12,19-23H,6,13-18H2,1-3H3,(H,38,39). The van der Waals surface area contributed by atoms with Gasteiger partial charge in [0.2, 0.25) is 0 Å². The maximum atomic E-state index is 12.6. The quantitative estimate of drug-likeness (QED) is 0.166. The van der Waals surface area contributed by atoms with Crippen LogP contribution in [0.2, 0.25) is 0 Å². The number of amides is 2. The van der Waals surface area contributed by atoms with Crippen LogP contribution in [0.25, 0.3) is 33.3 Å². The van der Waals surface area contributed by atoms with E-state index in [9.17, 15) is 9.59 Å². The Morgan fingerprint density at radius 3 is 2.13 bits per heavy atom. The number of H-pyrrole nitrogens is 1. The molecule has 7 rings (SSSR count). The molecule has 0 saturated carbocycles. The summed E-state index contributed by atoms with van der Waals surface area (Å²) in [5.74, 6) is 0.277. The number of nitrogens with one attached hydrogen (secondary N) is 1. The Morgan fingerprint density at radius 1 is 0.800 bits per heavy atom. The maximum absolute atomic E-state index is 12.6. The fourth-order valence-corrected chi connectivity index (χ4v) is 6.64. The number of imide groups is 1. The van der Waals surface area contributed by atoms with Crippen molar-refractivity contribution >= 4 is 28.5 Å². The number of piperazine rings is 1. The number of hydrogen-bond donors (Lipinski definition) is 1. The number of likely N-dealkylation sites (N-methyl/N-ethyl adjacent to an activating group) is 1. The topological polar surface area (TPSA) is 81.8 Å². The third-order valence-electron chi connectivity index (χ3n) is 9.01. The van der Waals surface area contributed by atoms with Crippen molar-refractivity contribution in [2.24, 2.45) is 0 Å². The molecule has 2 amide bonds. The fraction of sp³-hybridized carbons (Fsp3) is 0.270. The van der Waals surface area contributed by atoms with Crippen LogP contribution in [0, 0.1) is 13.8 Å². The van der Waals surface area contributed by atoms with Crippen molar-refractivity contribution in [3.05, 3.63) is 101 Å². The number of rotatable bonds is 8. The molecule has 45 heavy (non-hydrogen) atoms. The van der Waals surface area contributed by atoms with E-state index < -0.39 is 0 Å². The highest BCUT2D eigenvalue weighted by Gasteiger charge is 2.34. The zero-order valence-electron chi connectivity index (χ0n) is 26.0. The third kappa shape index (κ3) is 5.46. The molecule has 228 valence electrons. The number of hydrogen-bond acceptors (Lipinski definition) is 6. The lowest BCUT2D eigenvalue weighted by atomic mass is 9.97. The van der Waals surface area contributed by atoms with E-state index in [1.807, 2.05) is 36.7 Å². The van der Waals surface area contributed by atoms with Gasteiger partial charge in [-0.2, -0.15) is 0 Å². The molecule has 0 bridgehead atoms. The second-order valence-corrected chi connectivity index (χ2v) is 12.1. The predicted molar refractivity (Wildman–Crippen MR) is 178 cm³/mol. The molecule has 1 saturated heterocycles. The number of pyridine rings is 1. The number of aromatic nitrogens is 2. The predicted octanol–water partition coefficient (Wildman–Crippen LogP) is 6.33. The SMILES string of the molecule is Cc1cc(-c2cnc3[nH]cc(-c4ccc(OCCCN5C(=O)c6ccccc6C5=O)cc4)c3c2)cc(C)c1N1CCN(C)CC1. The van der Waals surface area contributed by atoms with Crippen LogP contribution in [0.1, 0.15) is 38.3 Å². The molecule has 0 spiro atoms. The molecule has 0 unspecified atom stereocenters. The third-order valence-corrected chi connectivity index (χ3v) is 9.01. The molecular formula is C37H37N5O3. The monoisotopic (exact) mass is 599 g/mol. The van der Waals surface area contributed by atoms with Gasteiger partial charge in [0.1, 0.15) is 11.4 Å². The number of fused-ring (bicyclic) bond motifs is 2. The van der Waals surface area contributed by atoms with Gasteiger partial charge in [-0.1, -0.05) is 24.3 Å². The van der Waals surface area contributed by atoms with Crippen LogP contribution in [0.4, 0.5) is 5.69 Å². The van der Waals surface area contributed by atoms with Crippen LogP contribution in [0.5, 0.6) is 5.75 Å². The normalized spacial score (nSPS) is 15.3. The summed E-state index contributed by atoms with van der Waals surface area (Å²) in [5, 5.41) is 1.07. The molecular weight excluding hydrogens is 562 g/mol. The van der Waals surface area contributed by atoms with Gasteiger partial charge < -0.3 is 19.5 Å². The lowest BCUT2D eigenvalue weighted by Crippen LogP contribution is -2.45. The van der Waals surface area contributed by atoms with Crippen molar-refractivity contribution in [3.8, 4) is 28.0 Å². The van der Waals surface area contributed by atoms with E-state index in [2.05, 4.69) is 53.9 Å². The molecule has 3 aromatic carbocycles. The van der Waals surface area contributed by atoms with Gasteiger partial charge in [0.25, 0.3) is 11.8 Å². The Kier molecular flexibility index (Phi) is 7.59. The van der Waals surface area contributed by atoms with Crippen LogP contribution >= 0.6 is 0 Å². The molecule has 0 aliphatic carbocycles. The van der Waals surface area contributed by atoms with E-state index in [1.165, 1.54) is 27.3 Å². The van der Waals surface area contributed by atoms with Crippen molar-refractivity contribution in [3.63, 3.8) is 0 Å². The second-order valence-electron chi connectivity index (χ2n) is 12.1. The number of nitrogens with zero attached hydrogens (tertiary/aromatic N) is 4. The summed E-state index contributed by atoms with van der Waals surface area (Å²) in [4.78, 5) is 39.5. The van der Waals surface area contributed by atoms with Crippen molar-refractivity contribution < 1.29 is 14.3 Å². The van der Waals surface area contributed by atoms with Crippen molar-refractivity contribution in [2.75, 3.05) is 51.3 Å². The van der Waals surface area contributed by atoms with Crippen molar-refractivity contribution in [1.82, 2.24) is 19.8 Å². The van der Waals surface area contributed by atoms with Crippen molar-refractivity contribution in [2.45, 2.75) is 20.3 Å². The molecule has 2 aliphatic rings. The molecule has 0 atom stereocenters. The van der Waals surface area contributed by atoms with Crippen LogP contribution in [-0.2, 0) is 0 Å². The number of carbonyl (C=O) groups is 2. The lowest BCUT2D eigenvalue weighted by molar-refractivity contribution is 0.0646. The Hall–Kier alpha value is -4.95. The van der Waals surface area contributed by atoms with Gasteiger partial charge in [-0.05, 0) is 92.0 Å². The summed E-state index contributed by atoms with van der Waals surface area (Å²) < 4.78 is 5.96. The highest BCUT2D eigenvalue weighted by molar-refractivity contribution is 6.21. The Bertz CT molecular complexity index is 1850. The second kappa shape index (κ2) is 11.9. The number of benzene rings is 3. The van der Waals surface area contributed by atoms with Gasteiger partial charge in [0.05, 0.1) is 17.7 Å². The minimum Gasteiger partial charge on any atom is -0.494 e. The maximum Gasteiger partial charge on any atom is 0.261 e. The Balaban J connectivity index is 1.02. The molecule has 1 N–H and O–H groups in total. The summed E-state index contributed by atoms with van der Waals surface area (Å²) in [6, 6.07) is 21.8. The summed E-state index contributed by atoms with van der Waals surface area (Å²) >= 11 is 0. The number of anilines is 1. The minimum absolute atomic E-state index is 0.232. The van der Waals surface area contributed by atoms with E-state index in [0.29, 0.717) is 30.7 Å². The average Bonchev–Trinajstić information content (AvgIpc) is 3.58. The van der Waals surface area contributed by atoms with Gasteiger partial charge in [-0.15, -0.1) is 0 Å². The summed E-state index contributed by atoms with van der Waals surface area (Å²) in [5.41, 5.74) is 10.2. The van der Waals surface area contributed by atoms with E-state index in [4.69, 9.17) is 9.72 Å². The lowest BCUT2D eigenvalue weighted by Gasteiger charge is -2.36. The number of ether oxygens (including phenoxy) is 1. The van der Waals surface area contributed by atoms with Gasteiger partial charge in [0.15, 0.2) is 0 Å². The first kappa shape index (κ1) is 28.8. The first-order chi connectivity index (χ1) is 21.9. The van der Waals surface area contributed by atoms with Crippen LogP contribution in [0.3, 0.4) is 0 Å². The van der Waals surface area contributed by atoms with Gasteiger partial charge in [-0.3, -0.25) is 14.5 Å². The molecule has 2 aliphatic heterocycles. The zero-order valence-corrected chi connectivity index (χ0v) is 26.0. The van der Waals surface area contributed by atoms with Gasteiger partial charge >= 0.3 is 0 Å². The van der Waals surface area contributed by atoms with Crippen LogP contribution in [0.15, 0.2) is 79.1 Å². The molecule has 4 heterocycles. The van der Waals surface area contributed by atoms with E-state index in [1.54, 1.807) is 24.3 Å². The first-order valence-corrected chi connectivity index (χ1v) is 15.6. The summed E-state index contributed by atoms with van der Waals surface area (Å²) in [7, 11) is 2.19. The highest BCUT2D eigenvalue weighted by atomic mass is 16.5.